The van der Waals surface area contributed by atoms with E-state index >= 15 is 0 Å². The minimum Gasteiger partial charge on any atom is -0.395 e. The molecule has 1 aliphatic rings. The summed E-state index contributed by atoms with van der Waals surface area (Å²) in [6.07, 6.45) is 5.80. The number of aliphatic hydroxyl groups excluding tert-OH is 1. The molecule has 18 heavy (non-hydrogen) atoms. The lowest BCUT2D eigenvalue weighted by atomic mass is 10.2. The lowest BCUT2D eigenvalue weighted by Crippen LogP contribution is -2.27. The first-order chi connectivity index (χ1) is 8.81. The zero-order valence-corrected chi connectivity index (χ0v) is 10.2. The van der Waals surface area contributed by atoms with Crippen LogP contribution in [-0.4, -0.2) is 40.6 Å². The van der Waals surface area contributed by atoms with Crippen molar-refractivity contribution in [1.29, 1.82) is 0 Å². The van der Waals surface area contributed by atoms with Crippen LogP contribution in [-0.2, 0) is 0 Å². The van der Waals surface area contributed by atoms with Gasteiger partial charge in [-0.2, -0.15) is 0 Å². The van der Waals surface area contributed by atoms with Crippen molar-refractivity contribution in [1.82, 2.24) is 9.88 Å². The zero-order valence-electron chi connectivity index (χ0n) is 10.2. The van der Waals surface area contributed by atoms with Gasteiger partial charge in [0, 0.05) is 37.5 Å². The van der Waals surface area contributed by atoms with Crippen LogP contribution in [0.1, 0.15) is 35.2 Å². The van der Waals surface area contributed by atoms with Crippen molar-refractivity contribution in [3.05, 3.63) is 29.6 Å². The summed E-state index contributed by atoms with van der Waals surface area (Å²) in [6, 6.07) is 1.76. The second-order valence-electron chi connectivity index (χ2n) is 4.24. The van der Waals surface area contributed by atoms with Gasteiger partial charge in [-0.15, -0.1) is 0 Å². The van der Waals surface area contributed by atoms with E-state index in [4.69, 9.17) is 5.11 Å². The van der Waals surface area contributed by atoms with Crippen molar-refractivity contribution in [2.75, 3.05) is 19.7 Å². The first-order valence-electron chi connectivity index (χ1n) is 6.15. The van der Waals surface area contributed by atoms with Gasteiger partial charge in [0.05, 0.1) is 12.2 Å². The monoisotopic (exact) mass is 244 g/mol. The van der Waals surface area contributed by atoms with Crippen LogP contribution in [0.4, 0.5) is 0 Å². The van der Waals surface area contributed by atoms with Gasteiger partial charge in [0.2, 0.25) is 0 Å². The highest BCUT2D eigenvalue weighted by molar-refractivity contribution is 5.94. The van der Waals surface area contributed by atoms with Crippen LogP contribution < -0.4 is 0 Å². The van der Waals surface area contributed by atoms with Crippen LogP contribution >= 0.6 is 0 Å². The number of pyridine rings is 1. The lowest BCUT2D eigenvalue weighted by molar-refractivity contribution is 0.0792. The van der Waals surface area contributed by atoms with Gasteiger partial charge < -0.3 is 10.0 Å². The average Bonchev–Trinajstić information content (AvgIpc) is 2.92. The number of hydrogen-bond donors (Lipinski definition) is 1. The number of carbonyl (C=O) groups excluding carboxylic acids is 1. The van der Waals surface area contributed by atoms with E-state index in [1.807, 2.05) is 4.90 Å². The van der Waals surface area contributed by atoms with E-state index in [9.17, 15) is 4.79 Å². The van der Waals surface area contributed by atoms with Crippen LogP contribution in [0.2, 0.25) is 0 Å². The van der Waals surface area contributed by atoms with Gasteiger partial charge >= 0.3 is 0 Å². The molecule has 4 heteroatoms. The molecule has 4 nitrogen and oxygen atoms in total. The van der Waals surface area contributed by atoms with E-state index in [-0.39, 0.29) is 12.5 Å². The Kier molecular flexibility index (Phi) is 4.32. The number of hydrogen-bond acceptors (Lipinski definition) is 3. The third-order valence-electron chi connectivity index (χ3n) is 2.85. The van der Waals surface area contributed by atoms with Crippen molar-refractivity contribution in [3.63, 3.8) is 0 Å². The summed E-state index contributed by atoms with van der Waals surface area (Å²) in [5, 5.41) is 8.65. The van der Waals surface area contributed by atoms with Crippen LogP contribution in [0, 0.1) is 11.8 Å². The maximum Gasteiger partial charge on any atom is 0.255 e. The number of likely N-dealkylation sites (tertiary alicyclic amines) is 1. The highest BCUT2D eigenvalue weighted by atomic mass is 16.2. The minimum absolute atomic E-state index is 0.0332. The normalized spacial score (nSPS) is 14.2. The maximum atomic E-state index is 12.1. The summed E-state index contributed by atoms with van der Waals surface area (Å²) < 4.78 is 0. The molecule has 1 aromatic heterocycles. The van der Waals surface area contributed by atoms with Crippen molar-refractivity contribution >= 4 is 5.91 Å². The third kappa shape index (κ3) is 3.08. The highest BCUT2D eigenvalue weighted by Gasteiger charge is 2.19. The Balaban J connectivity index is 2.11. The second-order valence-corrected chi connectivity index (χ2v) is 4.24. The van der Waals surface area contributed by atoms with E-state index in [1.165, 1.54) is 0 Å². The Morgan fingerprint density at radius 2 is 2.17 bits per heavy atom. The molecule has 0 saturated carbocycles. The number of aliphatic hydroxyl groups is 1. The Hall–Kier alpha value is -1.86. The minimum atomic E-state index is 0.0332. The van der Waals surface area contributed by atoms with Gasteiger partial charge in [-0.3, -0.25) is 9.78 Å². The fourth-order valence-electron chi connectivity index (χ4n) is 1.95. The lowest BCUT2D eigenvalue weighted by Gasteiger charge is -2.14. The molecule has 0 unspecified atom stereocenters. The van der Waals surface area contributed by atoms with Gasteiger partial charge in [0.15, 0.2) is 0 Å². The molecule has 2 heterocycles. The molecule has 0 aromatic carbocycles. The molecular weight excluding hydrogens is 228 g/mol. The smallest absolute Gasteiger partial charge is 0.255 e. The van der Waals surface area contributed by atoms with Crippen molar-refractivity contribution in [3.8, 4) is 11.8 Å². The third-order valence-corrected chi connectivity index (χ3v) is 2.85. The van der Waals surface area contributed by atoms with E-state index in [0.29, 0.717) is 17.5 Å². The van der Waals surface area contributed by atoms with Crippen molar-refractivity contribution < 1.29 is 9.90 Å². The molecule has 0 aliphatic carbocycles. The molecule has 0 radical (unpaired) electrons. The average molecular weight is 244 g/mol. The number of carbonyl (C=O) groups is 1. The van der Waals surface area contributed by atoms with E-state index in [2.05, 4.69) is 16.8 Å². The predicted octanol–water partition coefficient (Wildman–Crippen LogP) is 1.05. The molecule has 94 valence electrons. The molecule has 1 amide bonds. The molecule has 1 aliphatic heterocycles. The first kappa shape index (κ1) is 12.6. The Morgan fingerprint density at radius 3 is 2.89 bits per heavy atom. The number of aromatic nitrogens is 1. The van der Waals surface area contributed by atoms with E-state index < -0.39 is 0 Å². The quantitative estimate of drug-likeness (QED) is 0.791. The summed E-state index contributed by atoms with van der Waals surface area (Å²) in [5.74, 6) is 5.74. The van der Waals surface area contributed by atoms with Crippen molar-refractivity contribution in [2.45, 2.75) is 19.3 Å². The van der Waals surface area contributed by atoms with Gasteiger partial charge in [-0.1, -0.05) is 11.8 Å². The molecule has 0 atom stereocenters. The second kappa shape index (κ2) is 6.18. The Morgan fingerprint density at radius 1 is 1.39 bits per heavy atom. The Bertz CT molecular complexity index is 482. The molecule has 1 saturated heterocycles. The summed E-state index contributed by atoms with van der Waals surface area (Å²) in [7, 11) is 0. The van der Waals surface area contributed by atoms with E-state index in [1.54, 1.807) is 18.5 Å². The maximum absolute atomic E-state index is 12.1. The predicted molar refractivity (Wildman–Crippen MR) is 68.0 cm³/mol. The van der Waals surface area contributed by atoms with Crippen LogP contribution in [0.15, 0.2) is 18.5 Å². The van der Waals surface area contributed by atoms with Crippen LogP contribution in [0.5, 0.6) is 0 Å². The topological polar surface area (TPSA) is 53.4 Å². The standard InChI is InChI=1S/C14H16N2O2/c17-8-4-1-5-12-9-13(11-15-10-12)14(18)16-6-2-3-7-16/h9-11,17H,2-4,6-8H2. The van der Waals surface area contributed by atoms with Crippen LogP contribution in [0.3, 0.4) is 0 Å². The molecule has 2 rings (SSSR count). The number of rotatable bonds is 2. The summed E-state index contributed by atoms with van der Waals surface area (Å²) >= 11 is 0. The van der Waals surface area contributed by atoms with Gasteiger partial charge in [0.25, 0.3) is 5.91 Å². The molecule has 0 spiro atoms. The molecule has 0 bridgehead atoms. The van der Waals surface area contributed by atoms with E-state index in [0.717, 1.165) is 25.9 Å². The molecule has 1 aromatic rings. The highest BCUT2D eigenvalue weighted by Crippen LogP contribution is 2.12. The molecular formula is C14H16N2O2. The van der Waals surface area contributed by atoms with Gasteiger partial charge in [-0.25, -0.2) is 0 Å². The Labute approximate surface area is 107 Å². The summed E-state index contributed by atoms with van der Waals surface area (Å²) in [4.78, 5) is 18.0. The summed E-state index contributed by atoms with van der Waals surface area (Å²) in [6.45, 7) is 1.71. The van der Waals surface area contributed by atoms with Crippen molar-refractivity contribution in [2.24, 2.45) is 0 Å². The molecule has 1 fully saturated rings. The van der Waals surface area contributed by atoms with Crippen LogP contribution in [0.25, 0.3) is 0 Å². The fraction of sp³-hybridized carbons (Fsp3) is 0.429. The number of nitrogens with zero attached hydrogens (tertiary/aromatic N) is 2. The first-order valence-corrected chi connectivity index (χ1v) is 6.15. The zero-order chi connectivity index (χ0) is 12.8. The van der Waals surface area contributed by atoms with Gasteiger partial charge in [-0.05, 0) is 18.9 Å². The SMILES string of the molecule is O=C(c1cncc(C#CCCO)c1)N1CCCC1. The fourth-order valence-corrected chi connectivity index (χ4v) is 1.95. The molecule has 1 N–H and O–H groups in total. The van der Waals surface area contributed by atoms with Gasteiger partial charge in [0.1, 0.15) is 0 Å². The summed E-state index contributed by atoms with van der Waals surface area (Å²) in [5.41, 5.74) is 1.31. The largest absolute Gasteiger partial charge is 0.395 e. The number of amides is 1.